The van der Waals surface area contributed by atoms with Gasteiger partial charge in [0.2, 0.25) is 0 Å². The standard InChI is InChI=1S/C7H4Cl2N2/c8-6-2-1-4-5(11-6)3-7(9)10-4/h1-3,10H. The van der Waals surface area contributed by atoms with Crippen LogP contribution in [0.5, 0.6) is 0 Å². The lowest BCUT2D eigenvalue weighted by molar-refractivity contribution is 1.40. The van der Waals surface area contributed by atoms with Crippen LogP contribution in [0.3, 0.4) is 0 Å². The molecule has 0 aliphatic rings. The molecule has 2 rings (SSSR count). The van der Waals surface area contributed by atoms with Crippen LogP contribution in [0.1, 0.15) is 0 Å². The average Bonchev–Trinajstić information content (AvgIpc) is 2.27. The maximum Gasteiger partial charge on any atom is 0.129 e. The van der Waals surface area contributed by atoms with E-state index in [1.165, 1.54) is 0 Å². The zero-order chi connectivity index (χ0) is 7.84. The highest BCUT2D eigenvalue weighted by atomic mass is 35.5. The van der Waals surface area contributed by atoms with Crippen molar-refractivity contribution in [2.24, 2.45) is 0 Å². The van der Waals surface area contributed by atoms with E-state index >= 15 is 0 Å². The number of halogens is 2. The molecule has 0 fully saturated rings. The fraction of sp³-hybridized carbons (Fsp3) is 0. The lowest BCUT2D eigenvalue weighted by Crippen LogP contribution is -1.73. The van der Waals surface area contributed by atoms with Crippen LogP contribution in [-0.2, 0) is 0 Å². The predicted octanol–water partition coefficient (Wildman–Crippen LogP) is 2.87. The maximum absolute atomic E-state index is 5.70. The Bertz CT molecular complexity index is 394. The van der Waals surface area contributed by atoms with Crippen LogP contribution in [0.15, 0.2) is 18.2 Å². The number of aromatic amines is 1. The van der Waals surface area contributed by atoms with Crippen molar-refractivity contribution in [3.63, 3.8) is 0 Å². The van der Waals surface area contributed by atoms with E-state index in [2.05, 4.69) is 9.97 Å². The number of aromatic nitrogens is 2. The van der Waals surface area contributed by atoms with E-state index in [4.69, 9.17) is 23.2 Å². The molecule has 0 aromatic carbocycles. The van der Waals surface area contributed by atoms with Crippen LogP contribution in [0.25, 0.3) is 11.0 Å². The third-order valence-corrected chi connectivity index (χ3v) is 1.82. The number of hydrogen-bond donors (Lipinski definition) is 1. The molecule has 11 heavy (non-hydrogen) atoms. The van der Waals surface area contributed by atoms with Crippen molar-refractivity contribution in [3.05, 3.63) is 28.5 Å². The van der Waals surface area contributed by atoms with Crippen LogP contribution in [0.4, 0.5) is 0 Å². The Morgan fingerprint density at radius 1 is 1.27 bits per heavy atom. The van der Waals surface area contributed by atoms with E-state index in [9.17, 15) is 0 Å². The van der Waals surface area contributed by atoms with Crippen LogP contribution in [0.2, 0.25) is 10.3 Å². The van der Waals surface area contributed by atoms with Gasteiger partial charge in [0.1, 0.15) is 10.3 Å². The zero-order valence-corrected chi connectivity index (χ0v) is 6.95. The molecule has 0 spiro atoms. The molecule has 0 unspecified atom stereocenters. The summed E-state index contributed by atoms with van der Waals surface area (Å²) < 4.78 is 0. The van der Waals surface area contributed by atoms with Gasteiger partial charge in [0.05, 0.1) is 11.0 Å². The zero-order valence-electron chi connectivity index (χ0n) is 5.44. The first-order valence-electron chi connectivity index (χ1n) is 3.06. The lowest BCUT2D eigenvalue weighted by Gasteiger charge is -1.87. The SMILES string of the molecule is Clc1ccc2[nH]c(Cl)cc2n1. The van der Waals surface area contributed by atoms with Crippen LogP contribution in [-0.4, -0.2) is 9.97 Å². The normalized spacial score (nSPS) is 10.7. The minimum Gasteiger partial charge on any atom is -0.344 e. The number of rotatable bonds is 0. The highest BCUT2D eigenvalue weighted by molar-refractivity contribution is 6.31. The van der Waals surface area contributed by atoms with Crippen molar-refractivity contribution in [2.75, 3.05) is 0 Å². The first kappa shape index (κ1) is 6.95. The molecule has 0 amide bonds. The number of pyridine rings is 1. The Hall–Kier alpha value is -0.730. The van der Waals surface area contributed by atoms with Gasteiger partial charge in [-0.1, -0.05) is 23.2 Å². The van der Waals surface area contributed by atoms with E-state index in [0.29, 0.717) is 10.3 Å². The third-order valence-electron chi connectivity index (χ3n) is 1.41. The van der Waals surface area contributed by atoms with Gasteiger partial charge in [0.15, 0.2) is 0 Å². The number of hydrogen-bond acceptors (Lipinski definition) is 1. The second kappa shape index (κ2) is 2.40. The fourth-order valence-corrected chi connectivity index (χ4v) is 1.31. The summed E-state index contributed by atoms with van der Waals surface area (Å²) >= 11 is 11.4. The number of nitrogens with one attached hydrogen (secondary N) is 1. The average molecular weight is 187 g/mol. The Kier molecular flexibility index (Phi) is 1.51. The van der Waals surface area contributed by atoms with Gasteiger partial charge in [-0.2, -0.15) is 0 Å². The molecule has 2 aromatic heterocycles. The summed E-state index contributed by atoms with van der Waals surface area (Å²) in [4.78, 5) is 6.98. The van der Waals surface area contributed by atoms with Crippen molar-refractivity contribution < 1.29 is 0 Å². The minimum atomic E-state index is 0.480. The van der Waals surface area contributed by atoms with E-state index in [0.717, 1.165) is 11.0 Å². The molecule has 2 heterocycles. The Morgan fingerprint density at radius 3 is 2.91 bits per heavy atom. The molecule has 2 aromatic rings. The molecule has 0 saturated heterocycles. The molecule has 4 heteroatoms. The summed E-state index contributed by atoms with van der Waals surface area (Å²) in [6, 6.07) is 5.30. The second-order valence-corrected chi connectivity index (χ2v) is 2.98. The van der Waals surface area contributed by atoms with Crippen molar-refractivity contribution in [3.8, 4) is 0 Å². The maximum atomic E-state index is 5.70. The van der Waals surface area contributed by atoms with Crippen LogP contribution < -0.4 is 0 Å². The number of nitrogens with zero attached hydrogens (tertiary/aromatic N) is 1. The minimum absolute atomic E-state index is 0.480. The topological polar surface area (TPSA) is 28.7 Å². The smallest absolute Gasteiger partial charge is 0.129 e. The molecule has 2 nitrogen and oxygen atoms in total. The van der Waals surface area contributed by atoms with Gasteiger partial charge in [0, 0.05) is 6.07 Å². The van der Waals surface area contributed by atoms with Crippen molar-refractivity contribution >= 4 is 34.2 Å². The molecule has 1 N–H and O–H groups in total. The summed E-state index contributed by atoms with van der Waals surface area (Å²) in [5, 5.41) is 1.06. The van der Waals surface area contributed by atoms with Gasteiger partial charge in [-0.05, 0) is 12.1 Å². The van der Waals surface area contributed by atoms with Crippen molar-refractivity contribution in [2.45, 2.75) is 0 Å². The van der Waals surface area contributed by atoms with E-state index < -0.39 is 0 Å². The summed E-state index contributed by atoms with van der Waals surface area (Å²) in [6.45, 7) is 0. The molecule has 0 aliphatic carbocycles. The molecule has 0 saturated carbocycles. The van der Waals surface area contributed by atoms with Crippen molar-refractivity contribution in [1.82, 2.24) is 9.97 Å². The first-order chi connectivity index (χ1) is 5.25. The van der Waals surface area contributed by atoms with Crippen LogP contribution >= 0.6 is 23.2 Å². The highest BCUT2D eigenvalue weighted by Gasteiger charge is 1.99. The summed E-state index contributed by atoms with van der Waals surface area (Å²) in [6.07, 6.45) is 0. The molecule has 0 atom stereocenters. The van der Waals surface area contributed by atoms with E-state index in [-0.39, 0.29) is 0 Å². The summed E-state index contributed by atoms with van der Waals surface area (Å²) in [5.74, 6) is 0. The third kappa shape index (κ3) is 1.19. The molecular formula is C7H4Cl2N2. The highest BCUT2D eigenvalue weighted by Crippen LogP contribution is 2.18. The predicted molar refractivity (Wildman–Crippen MR) is 46.1 cm³/mol. The molecule has 0 radical (unpaired) electrons. The van der Waals surface area contributed by atoms with E-state index in [1.807, 2.05) is 6.07 Å². The van der Waals surface area contributed by atoms with Gasteiger partial charge in [-0.15, -0.1) is 0 Å². The van der Waals surface area contributed by atoms with E-state index in [1.54, 1.807) is 12.1 Å². The quantitative estimate of drug-likeness (QED) is 0.631. The van der Waals surface area contributed by atoms with Gasteiger partial charge >= 0.3 is 0 Å². The summed E-state index contributed by atoms with van der Waals surface area (Å²) in [5.41, 5.74) is 1.70. The Labute approximate surface area is 73.1 Å². The fourth-order valence-electron chi connectivity index (χ4n) is 0.951. The molecule has 0 bridgehead atoms. The molecular weight excluding hydrogens is 183 g/mol. The summed E-state index contributed by atoms with van der Waals surface area (Å²) in [7, 11) is 0. The van der Waals surface area contributed by atoms with Gasteiger partial charge in [-0.25, -0.2) is 4.98 Å². The van der Waals surface area contributed by atoms with Gasteiger partial charge in [-0.3, -0.25) is 0 Å². The van der Waals surface area contributed by atoms with Crippen LogP contribution in [0, 0.1) is 0 Å². The monoisotopic (exact) mass is 186 g/mol. The second-order valence-electron chi connectivity index (χ2n) is 2.18. The van der Waals surface area contributed by atoms with Gasteiger partial charge in [0.25, 0.3) is 0 Å². The number of fused-ring (bicyclic) bond motifs is 1. The van der Waals surface area contributed by atoms with Crippen molar-refractivity contribution in [1.29, 1.82) is 0 Å². The first-order valence-corrected chi connectivity index (χ1v) is 3.82. The Balaban J connectivity index is 2.82. The van der Waals surface area contributed by atoms with Gasteiger partial charge < -0.3 is 4.98 Å². The molecule has 0 aliphatic heterocycles. The largest absolute Gasteiger partial charge is 0.344 e. The molecule has 56 valence electrons. The number of H-pyrrole nitrogens is 1. The lowest BCUT2D eigenvalue weighted by atomic mass is 10.4. The Morgan fingerprint density at radius 2 is 2.09 bits per heavy atom.